The number of hydrogen-bond acceptors (Lipinski definition) is 5. The molecular formula is C21H23N5O4. The van der Waals surface area contributed by atoms with Crippen LogP contribution >= 0.6 is 0 Å². The zero-order chi connectivity index (χ0) is 21.8. The van der Waals surface area contributed by atoms with Crippen LogP contribution in [0.3, 0.4) is 0 Å². The van der Waals surface area contributed by atoms with E-state index in [2.05, 4.69) is 5.32 Å². The van der Waals surface area contributed by atoms with Crippen LogP contribution in [-0.2, 0) is 24.3 Å². The average Bonchev–Trinajstić information content (AvgIpc) is 3.22. The Labute approximate surface area is 173 Å². The van der Waals surface area contributed by atoms with Crippen molar-refractivity contribution in [3.05, 3.63) is 61.9 Å². The van der Waals surface area contributed by atoms with E-state index in [0.29, 0.717) is 49.4 Å². The molecule has 1 N–H and O–H groups in total. The molecule has 0 saturated heterocycles. The maximum atomic E-state index is 12.6. The van der Waals surface area contributed by atoms with Gasteiger partial charge < -0.3 is 10.2 Å². The predicted molar refractivity (Wildman–Crippen MR) is 110 cm³/mol. The van der Waals surface area contributed by atoms with Crippen LogP contribution in [0.1, 0.15) is 41.9 Å². The van der Waals surface area contributed by atoms with Gasteiger partial charge >= 0.3 is 5.69 Å². The van der Waals surface area contributed by atoms with Gasteiger partial charge in [-0.25, -0.2) is 9.36 Å². The van der Waals surface area contributed by atoms with Crippen LogP contribution in [0.25, 0.3) is 0 Å². The molecule has 156 valence electrons. The van der Waals surface area contributed by atoms with Gasteiger partial charge in [0, 0.05) is 36.6 Å². The Morgan fingerprint density at radius 2 is 1.97 bits per heavy atom. The maximum Gasteiger partial charge on any atom is 0.331 e. The SMILES string of the molecule is CCN(CC)C(=O)c1cccc(NC(=O)Cn2c(=O)c(C#N)c3n(c2=O)CCC3)c1. The van der Waals surface area contributed by atoms with Crippen LogP contribution in [0.2, 0.25) is 0 Å². The van der Waals surface area contributed by atoms with E-state index in [4.69, 9.17) is 0 Å². The fraction of sp³-hybridized carbons (Fsp3) is 0.381. The van der Waals surface area contributed by atoms with E-state index in [1.165, 1.54) is 4.57 Å². The Kier molecular flexibility index (Phi) is 6.16. The summed E-state index contributed by atoms with van der Waals surface area (Å²) in [7, 11) is 0. The average molecular weight is 409 g/mol. The number of nitriles is 1. The molecular weight excluding hydrogens is 386 g/mol. The molecule has 0 aliphatic carbocycles. The summed E-state index contributed by atoms with van der Waals surface area (Å²) >= 11 is 0. The normalized spacial score (nSPS) is 12.2. The van der Waals surface area contributed by atoms with Crippen molar-refractivity contribution in [2.75, 3.05) is 18.4 Å². The molecule has 0 bridgehead atoms. The molecule has 0 spiro atoms. The molecule has 2 amide bonds. The summed E-state index contributed by atoms with van der Waals surface area (Å²) in [5.74, 6) is -0.744. The second-order valence-corrected chi connectivity index (χ2v) is 6.97. The molecule has 9 nitrogen and oxygen atoms in total. The highest BCUT2D eigenvalue weighted by atomic mass is 16.2. The fourth-order valence-corrected chi connectivity index (χ4v) is 3.66. The predicted octanol–water partition coefficient (Wildman–Crippen LogP) is 0.949. The largest absolute Gasteiger partial charge is 0.339 e. The second-order valence-electron chi connectivity index (χ2n) is 6.97. The summed E-state index contributed by atoms with van der Waals surface area (Å²) in [6.07, 6.45) is 1.17. The summed E-state index contributed by atoms with van der Waals surface area (Å²) in [5, 5.41) is 11.9. The molecule has 0 saturated carbocycles. The molecule has 9 heteroatoms. The van der Waals surface area contributed by atoms with E-state index in [-0.39, 0.29) is 11.5 Å². The zero-order valence-electron chi connectivity index (χ0n) is 17.0. The molecule has 1 aromatic heterocycles. The van der Waals surface area contributed by atoms with E-state index in [1.54, 1.807) is 29.2 Å². The molecule has 0 fully saturated rings. The Morgan fingerprint density at radius 1 is 1.23 bits per heavy atom. The van der Waals surface area contributed by atoms with Crippen LogP contribution in [0.15, 0.2) is 33.9 Å². The molecule has 1 aliphatic heterocycles. The topological polar surface area (TPSA) is 117 Å². The highest BCUT2D eigenvalue weighted by molar-refractivity contribution is 5.97. The van der Waals surface area contributed by atoms with Crippen LogP contribution in [0.5, 0.6) is 0 Å². The van der Waals surface area contributed by atoms with Crippen molar-refractivity contribution in [2.24, 2.45) is 0 Å². The van der Waals surface area contributed by atoms with Gasteiger partial charge in [-0.1, -0.05) is 6.07 Å². The summed E-state index contributed by atoms with van der Waals surface area (Å²) < 4.78 is 2.17. The second kappa shape index (κ2) is 8.78. The number of carbonyl (C=O) groups excluding carboxylic acids is 2. The maximum absolute atomic E-state index is 12.6. The lowest BCUT2D eigenvalue weighted by Crippen LogP contribution is -2.44. The highest BCUT2D eigenvalue weighted by Crippen LogP contribution is 2.14. The minimum Gasteiger partial charge on any atom is -0.339 e. The molecule has 2 aromatic rings. The van der Waals surface area contributed by atoms with Crippen molar-refractivity contribution in [2.45, 2.75) is 39.8 Å². The number of hydrogen-bond donors (Lipinski definition) is 1. The smallest absolute Gasteiger partial charge is 0.331 e. The van der Waals surface area contributed by atoms with Gasteiger partial charge in [0.05, 0.1) is 0 Å². The number of fused-ring (bicyclic) bond motifs is 1. The van der Waals surface area contributed by atoms with E-state index in [0.717, 1.165) is 4.57 Å². The van der Waals surface area contributed by atoms with Crippen molar-refractivity contribution in [1.29, 1.82) is 5.26 Å². The number of nitrogens with one attached hydrogen (secondary N) is 1. The van der Waals surface area contributed by atoms with E-state index < -0.39 is 23.7 Å². The van der Waals surface area contributed by atoms with Crippen molar-refractivity contribution < 1.29 is 9.59 Å². The number of benzene rings is 1. The van der Waals surface area contributed by atoms with Gasteiger partial charge in [-0.2, -0.15) is 5.26 Å². The van der Waals surface area contributed by atoms with Crippen LogP contribution in [0.4, 0.5) is 5.69 Å². The molecule has 30 heavy (non-hydrogen) atoms. The van der Waals surface area contributed by atoms with Gasteiger partial charge in [-0.05, 0) is 44.9 Å². The van der Waals surface area contributed by atoms with Gasteiger partial charge in [0.2, 0.25) is 5.91 Å². The fourth-order valence-electron chi connectivity index (χ4n) is 3.66. The van der Waals surface area contributed by atoms with Crippen molar-refractivity contribution in [1.82, 2.24) is 14.0 Å². The van der Waals surface area contributed by atoms with Crippen molar-refractivity contribution in [3.63, 3.8) is 0 Å². The van der Waals surface area contributed by atoms with Gasteiger partial charge in [-0.3, -0.25) is 19.0 Å². The Hall–Kier alpha value is -3.67. The van der Waals surface area contributed by atoms with Gasteiger partial charge in [0.15, 0.2) is 0 Å². The van der Waals surface area contributed by atoms with Crippen LogP contribution in [-0.4, -0.2) is 38.9 Å². The number of anilines is 1. The third-order valence-electron chi connectivity index (χ3n) is 5.19. The third-order valence-corrected chi connectivity index (χ3v) is 5.19. The van der Waals surface area contributed by atoms with Gasteiger partial charge in [0.1, 0.15) is 18.2 Å². The van der Waals surface area contributed by atoms with Crippen molar-refractivity contribution >= 4 is 17.5 Å². The molecule has 3 rings (SSSR count). The molecule has 0 unspecified atom stereocenters. The summed E-state index contributed by atoms with van der Waals surface area (Å²) in [5.41, 5.74) is -0.187. The van der Waals surface area contributed by atoms with Crippen LogP contribution < -0.4 is 16.6 Å². The number of carbonyl (C=O) groups is 2. The summed E-state index contributed by atoms with van der Waals surface area (Å²) in [6.45, 7) is 4.81. The molecule has 1 aromatic carbocycles. The Bertz CT molecular complexity index is 1150. The minimum atomic E-state index is -0.753. The Balaban J connectivity index is 1.84. The first-order valence-electron chi connectivity index (χ1n) is 9.87. The zero-order valence-corrected chi connectivity index (χ0v) is 17.0. The number of rotatable bonds is 6. The quantitative estimate of drug-likeness (QED) is 0.762. The molecule has 0 atom stereocenters. The highest BCUT2D eigenvalue weighted by Gasteiger charge is 2.23. The molecule has 2 heterocycles. The van der Waals surface area contributed by atoms with Gasteiger partial charge in [0.25, 0.3) is 11.5 Å². The third kappa shape index (κ3) is 3.89. The first-order chi connectivity index (χ1) is 14.4. The molecule has 0 radical (unpaired) electrons. The summed E-state index contributed by atoms with van der Waals surface area (Å²) in [6, 6.07) is 8.34. The first kappa shape index (κ1) is 21.0. The number of aromatic nitrogens is 2. The van der Waals surface area contributed by atoms with Crippen LogP contribution in [0, 0.1) is 11.3 Å². The minimum absolute atomic E-state index is 0.0910. The Morgan fingerprint density at radius 3 is 2.63 bits per heavy atom. The lowest BCUT2D eigenvalue weighted by atomic mass is 10.1. The van der Waals surface area contributed by atoms with E-state index in [9.17, 15) is 24.4 Å². The van der Waals surface area contributed by atoms with E-state index >= 15 is 0 Å². The van der Waals surface area contributed by atoms with Gasteiger partial charge in [-0.15, -0.1) is 0 Å². The molecule has 1 aliphatic rings. The summed E-state index contributed by atoms with van der Waals surface area (Å²) in [4.78, 5) is 51.8. The lowest BCUT2D eigenvalue weighted by Gasteiger charge is -2.19. The monoisotopic (exact) mass is 409 g/mol. The standard InChI is InChI=1S/C21H23N5O4/c1-3-24(4-2)19(28)14-7-5-8-15(11-14)23-18(27)13-26-20(29)16(12-22)17-9-6-10-25(17)21(26)30/h5,7-8,11H,3-4,6,9-10,13H2,1-2H3,(H,23,27). The number of amides is 2. The van der Waals surface area contributed by atoms with Crippen molar-refractivity contribution in [3.8, 4) is 6.07 Å². The lowest BCUT2D eigenvalue weighted by molar-refractivity contribution is -0.116. The first-order valence-corrected chi connectivity index (χ1v) is 9.87. The van der Waals surface area contributed by atoms with E-state index in [1.807, 2.05) is 19.9 Å². The number of nitrogens with zero attached hydrogens (tertiary/aromatic N) is 4.